The van der Waals surface area contributed by atoms with E-state index in [4.69, 9.17) is 5.73 Å². The Morgan fingerprint density at radius 3 is 2.55 bits per heavy atom. The van der Waals surface area contributed by atoms with Crippen LogP contribution in [0.5, 0.6) is 0 Å². The van der Waals surface area contributed by atoms with Gasteiger partial charge in [-0.1, -0.05) is 12.8 Å². The van der Waals surface area contributed by atoms with Crippen LogP contribution in [0.4, 0.5) is 14.5 Å². The largest absolute Gasteiger partial charge is 0.465 e. The van der Waals surface area contributed by atoms with Crippen molar-refractivity contribution >= 4 is 11.7 Å². The zero-order chi connectivity index (χ0) is 14.8. The average Bonchev–Trinajstić information content (AvgIpc) is 2.92. The Balaban J connectivity index is 2.30. The minimum atomic E-state index is -1.20. The van der Waals surface area contributed by atoms with Crippen molar-refractivity contribution < 1.29 is 18.3 Å². The molecule has 6 heteroatoms. The van der Waals surface area contributed by atoms with Gasteiger partial charge in [-0.05, 0) is 25.0 Å². The standard InChI is InChI=1S/C14H18F2N2O2/c1-20-13(19)9-4-5-10(12(16)11(9)15)18-14(8-17)6-2-3-7-14/h4-5,18H,2-3,6-8,17H2,1H3. The Morgan fingerprint density at radius 1 is 1.35 bits per heavy atom. The van der Waals surface area contributed by atoms with Crippen LogP contribution in [0.25, 0.3) is 0 Å². The fourth-order valence-electron chi connectivity index (χ4n) is 2.63. The Kier molecular flexibility index (Phi) is 4.23. The minimum Gasteiger partial charge on any atom is -0.465 e. The van der Waals surface area contributed by atoms with E-state index in [0.29, 0.717) is 6.54 Å². The predicted octanol–water partition coefficient (Wildman–Crippen LogP) is 2.43. The van der Waals surface area contributed by atoms with Gasteiger partial charge >= 0.3 is 5.97 Å². The molecule has 0 heterocycles. The summed E-state index contributed by atoms with van der Waals surface area (Å²) in [6.07, 6.45) is 3.66. The summed E-state index contributed by atoms with van der Waals surface area (Å²) in [7, 11) is 1.12. The minimum absolute atomic E-state index is 0.0301. The van der Waals surface area contributed by atoms with E-state index >= 15 is 0 Å². The summed E-state index contributed by atoms with van der Waals surface area (Å²) in [6, 6.07) is 2.56. The first-order valence-corrected chi connectivity index (χ1v) is 6.57. The molecule has 0 aromatic heterocycles. The molecule has 0 amide bonds. The molecule has 1 aliphatic rings. The average molecular weight is 284 g/mol. The lowest BCUT2D eigenvalue weighted by Crippen LogP contribution is -2.43. The SMILES string of the molecule is COC(=O)c1ccc(NC2(CN)CCCC2)c(F)c1F. The maximum atomic E-state index is 14.0. The van der Waals surface area contributed by atoms with Gasteiger partial charge in [-0.2, -0.15) is 0 Å². The first-order chi connectivity index (χ1) is 9.53. The van der Waals surface area contributed by atoms with Gasteiger partial charge in [-0.15, -0.1) is 0 Å². The molecule has 1 aromatic carbocycles. The number of rotatable bonds is 4. The van der Waals surface area contributed by atoms with E-state index in [0.717, 1.165) is 32.8 Å². The van der Waals surface area contributed by atoms with Crippen LogP contribution in [-0.2, 0) is 4.74 Å². The number of hydrogen-bond acceptors (Lipinski definition) is 4. The third-order valence-electron chi connectivity index (χ3n) is 3.84. The molecule has 0 spiro atoms. The lowest BCUT2D eigenvalue weighted by molar-refractivity contribution is 0.0594. The molecule has 1 aromatic rings. The second kappa shape index (κ2) is 5.75. The fraction of sp³-hybridized carbons (Fsp3) is 0.500. The molecular formula is C14H18F2N2O2. The third kappa shape index (κ3) is 2.60. The highest BCUT2D eigenvalue weighted by molar-refractivity contribution is 5.90. The van der Waals surface area contributed by atoms with Crippen LogP contribution < -0.4 is 11.1 Å². The molecule has 1 fully saturated rings. The van der Waals surface area contributed by atoms with E-state index in [1.807, 2.05) is 0 Å². The van der Waals surface area contributed by atoms with Gasteiger partial charge in [-0.25, -0.2) is 13.6 Å². The molecule has 0 bridgehead atoms. The van der Waals surface area contributed by atoms with Gasteiger partial charge in [0.25, 0.3) is 0 Å². The molecule has 3 N–H and O–H groups in total. The van der Waals surface area contributed by atoms with Gasteiger partial charge < -0.3 is 15.8 Å². The molecular weight excluding hydrogens is 266 g/mol. The van der Waals surface area contributed by atoms with Gasteiger partial charge in [-0.3, -0.25) is 0 Å². The lowest BCUT2D eigenvalue weighted by Gasteiger charge is -2.30. The number of esters is 1. The topological polar surface area (TPSA) is 64.3 Å². The van der Waals surface area contributed by atoms with E-state index in [-0.39, 0.29) is 11.2 Å². The number of hydrogen-bond donors (Lipinski definition) is 2. The molecule has 2 rings (SSSR count). The highest BCUT2D eigenvalue weighted by Crippen LogP contribution is 2.33. The van der Waals surface area contributed by atoms with Crippen LogP contribution in [-0.4, -0.2) is 25.2 Å². The van der Waals surface area contributed by atoms with Crippen molar-refractivity contribution in [3.05, 3.63) is 29.3 Å². The maximum absolute atomic E-state index is 14.0. The number of halogens is 2. The third-order valence-corrected chi connectivity index (χ3v) is 3.84. The van der Waals surface area contributed by atoms with Crippen molar-refractivity contribution in [1.82, 2.24) is 0 Å². The molecule has 1 saturated carbocycles. The van der Waals surface area contributed by atoms with Gasteiger partial charge in [0, 0.05) is 12.1 Å². The number of methoxy groups -OCH3 is 1. The van der Waals surface area contributed by atoms with Crippen LogP contribution in [0.2, 0.25) is 0 Å². The van der Waals surface area contributed by atoms with Crippen molar-refractivity contribution in [1.29, 1.82) is 0 Å². The van der Waals surface area contributed by atoms with Gasteiger partial charge in [0.1, 0.15) is 0 Å². The van der Waals surface area contributed by atoms with Crippen LogP contribution in [0.15, 0.2) is 12.1 Å². The first-order valence-electron chi connectivity index (χ1n) is 6.57. The molecule has 0 atom stereocenters. The summed E-state index contributed by atoms with van der Waals surface area (Å²) in [4.78, 5) is 11.3. The molecule has 0 saturated heterocycles. The van der Waals surface area contributed by atoms with Gasteiger partial charge in [0.15, 0.2) is 11.6 Å². The van der Waals surface area contributed by atoms with Gasteiger partial charge in [0.05, 0.1) is 18.4 Å². The number of carbonyl (C=O) groups is 1. The summed E-state index contributed by atoms with van der Waals surface area (Å²) in [5.74, 6) is -3.18. The number of nitrogens with two attached hydrogens (primary N) is 1. The van der Waals surface area contributed by atoms with Crippen molar-refractivity contribution in [2.75, 3.05) is 19.0 Å². The summed E-state index contributed by atoms with van der Waals surface area (Å²) in [5, 5.41) is 3.01. The number of anilines is 1. The second-order valence-electron chi connectivity index (χ2n) is 5.10. The number of ether oxygens (including phenoxy) is 1. The maximum Gasteiger partial charge on any atom is 0.340 e. The number of carbonyl (C=O) groups excluding carboxylic acids is 1. The monoisotopic (exact) mass is 284 g/mol. The van der Waals surface area contributed by atoms with E-state index < -0.39 is 23.2 Å². The van der Waals surface area contributed by atoms with Crippen molar-refractivity contribution in [3.8, 4) is 0 Å². The van der Waals surface area contributed by atoms with Crippen LogP contribution >= 0.6 is 0 Å². The van der Waals surface area contributed by atoms with Crippen LogP contribution in [0.1, 0.15) is 36.0 Å². The first kappa shape index (κ1) is 14.7. The molecule has 0 aliphatic heterocycles. The highest BCUT2D eigenvalue weighted by Gasteiger charge is 2.33. The van der Waals surface area contributed by atoms with Crippen molar-refractivity contribution in [2.24, 2.45) is 5.73 Å². The summed E-state index contributed by atoms with van der Waals surface area (Å²) >= 11 is 0. The van der Waals surface area contributed by atoms with E-state index in [1.165, 1.54) is 12.1 Å². The quantitative estimate of drug-likeness (QED) is 0.834. The molecule has 1 aliphatic carbocycles. The van der Waals surface area contributed by atoms with E-state index in [2.05, 4.69) is 10.1 Å². The number of benzene rings is 1. The zero-order valence-corrected chi connectivity index (χ0v) is 11.3. The van der Waals surface area contributed by atoms with E-state index in [1.54, 1.807) is 0 Å². The molecule has 20 heavy (non-hydrogen) atoms. The highest BCUT2D eigenvalue weighted by atomic mass is 19.2. The molecule has 0 radical (unpaired) electrons. The second-order valence-corrected chi connectivity index (χ2v) is 5.10. The summed E-state index contributed by atoms with van der Waals surface area (Å²) < 4.78 is 32.3. The van der Waals surface area contributed by atoms with Crippen LogP contribution in [0, 0.1) is 11.6 Å². The zero-order valence-electron chi connectivity index (χ0n) is 11.3. The predicted molar refractivity (Wildman–Crippen MR) is 71.6 cm³/mol. The van der Waals surface area contributed by atoms with Gasteiger partial charge in [0.2, 0.25) is 0 Å². The molecule has 110 valence electrons. The smallest absolute Gasteiger partial charge is 0.340 e. The van der Waals surface area contributed by atoms with Crippen molar-refractivity contribution in [3.63, 3.8) is 0 Å². The fourth-order valence-corrected chi connectivity index (χ4v) is 2.63. The number of nitrogens with one attached hydrogen (secondary N) is 1. The Hall–Kier alpha value is -1.69. The lowest BCUT2D eigenvalue weighted by atomic mass is 9.97. The summed E-state index contributed by atoms with van der Waals surface area (Å²) in [5.41, 5.74) is 4.98. The molecule has 0 unspecified atom stereocenters. The molecule has 4 nitrogen and oxygen atoms in total. The van der Waals surface area contributed by atoms with E-state index in [9.17, 15) is 13.6 Å². The Bertz CT molecular complexity index is 514. The Morgan fingerprint density at radius 2 is 2.00 bits per heavy atom. The Labute approximate surface area is 116 Å². The van der Waals surface area contributed by atoms with Crippen molar-refractivity contribution in [2.45, 2.75) is 31.2 Å². The van der Waals surface area contributed by atoms with Crippen LogP contribution in [0.3, 0.4) is 0 Å². The normalized spacial score (nSPS) is 17.0. The summed E-state index contributed by atoms with van der Waals surface area (Å²) in [6.45, 7) is 0.354.